The molecule has 11 aromatic rings. The molecule has 13 rings (SSSR count). The Kier molecular flexibility index (Phi) is 8.27. The van der Waals surface area contributed by atoms with E-state index in [0.29, 0.717) is 6.54 Å². The van der Waals surface area contributed by atoms with Crippen LogP contribution in [-0.2, 0) is 17.4 Å². The lowest BCUT2D eigenvalue weighted by molar-refractivity contribution is 0.660. The van der Waals surface area contributed by atoms with E-state index in [1.807, 2.05) is 0 Å². The van der Waals surface area contributed by atoms with E-state index >= 15 is 0 Å². The Labute approximate surface area is 379 Å². The fraction of sp³-hybridized carbons (Fsp3) is 0.0794. The van der Waals surface area contributed by atoms with Crippen LogP contribution in [0.25, 0.3) is 66.1 Å². The number of hydrogen-bond acceptors (Lipinski definition) is 2. The topological polar surface area (TPSA) is 16.4 Å². The van der Waals surface area contributed by atoms with Crippen LogP contribution >= 0.6 is 0 Å². The first-order valence-electron chi connectivity index (χ1n) is 22.8. The Morgan fingerprint density at radius 1 is 0.415 bits per heavy atom. The normalized spacial score (nSPS) is 14.0. The molecule has 0 atom stereocenters. The van der Waals surface area contributed by atoms with Crippen molar-refractivity contribution in [3.05, 3.63) is 263 Å². The first-order chi connectivity index (χ1) is 32.0. The summed E-state index contributed by atoms with van der Waals surface area (Å²) in [6.45, 7) is 5.38. The van der Waals surface area contributed by atoms with Gasteiger partial charge in [-0.1, -0.05) is 196 Å². The second-order valence-electron chi connectivity index (χ2n) is 18.4. The molecule has 0 aliphatic heterocycles. The minimum atomic E-state index is -0.525. The molecule has 0 spiro atoms. The van der Waals surface area contributed by atoms with Gasteiger partial charge in [-0.05, 0) is 126 Å². The van der Waals surface area contributed by atoms with Gasteiger partial charge in [-0.15, -0.1) is 0 Å². The van der Waals surface area contributed by atoms with Crippen molar-refractivity contribution in [3.8, 4) is 33.4 Å². The van der Waals surface area contributed by atoms with Gasteiger partial charge in [0.25, 0.3) is 0 Å². The summed E-state index contributed by atoms with van der Waals surface area (Å²) < 4.78 is 6.60. The average Bonchev–Trinajstić information content (AvgIpc) is 3.97. The second-order valence-corrected chi connectivity index (χ2v) is 18.4. The molecular weight excluding hydrogens is 787 g/mol. The van der Waals surface area contributed by atoms with Gasteiger partial charge in [0.15, 0.2) is 0 Å². The molecule has 1 aromatic heterocycles. The van der Waals surface area contributed by atoms with Crippen molar-refractivity contribution < 1.29 is 4.42 Å². The maximum atomic E-state index is 6.60. The van der Waals surface area contributed by atoms with Crippen LogP contribution in [0.5, 0.6) is 0 Å². The van der Waals surface area contributed by atoms with Crippen molar-refractivity contribution in [1.29, 1.82) is 0 Å². The lowest BCUT2D eigenvalue weighted by Gasteiger charge is -2.35. The van der Waals surface area contributed by atoms with Crippen molar-refractivity contribution in [2.45, 2.75) is 31.2 Å². The van der Waals surface area contributed by atoms with E-state index in [9.17, 15) is 0 Å². The number of hydrogen-bond donors (Lipinski definition) is 0. The molecular formula is C63H45NO. The predicted octanol–water partition coefficient (Wildman–Crippen LogP) is 16.4. The molecule has 2 nitrogen and oxygen atoms in total. The molecule has 1 heterocycles. The fourth-order valence-corrected chi connectivity index (χ4v) is 11.6. The Hall–Kier alpha value is -7.94. The van der Waals surface area contributed by atoms with Crippen LogP contribution in [-0.4, -0.2) is 0 Å². The van der Waals surface area contributed by atoms with Crippen LogP contribution in [0.2, 0.25) is 0 Å². The molecule has 308 valence electrons. The first kappa shape index (κ1) is 37.6. The quantitative estimate of drug-likeness (QED) is 0.159. The van der Waals surface area contributed by atoms with Gasteiger partial charge in [0, 0.05) is 34.1 Å². The molecule has 0 amide bonds. The zero-order chi connectivity index (χ0) is 43.3. The zero-order valence-corrected chi connectivity index (χ0v) is 36.4. The zero-order valence-electron chi connectivity index (χ0n) is 36.4. The highest BCUT2D eigenvalue weighted by molar-refractivity contribution is 6.14. The predicted molar refractivity (Wildman–Crippen MR) is 270 cm³/mol. The van der Waals surface area contributed by atoms with Crippen molar-refractivity contribution in [1.82, 2.24) is 0 Å². The Morgan fingerprint density at radius 2 is 1.03 bits per heavy atom. The molecule has 0 N–H and O–H groups in total. The van der Waals surface area contributed by atoms with Gasteiger partial charge >= 0.3 is 0 Å². The molecule has 2 aliphatic rings. The summed E-state index contributed by atoms with van der Waals surface area (Å²) in [5.41, 5.74) is 20.1. The second kappa shape index (κ2) is 14.3. The Balaban J connectivity index is 1.06. The first-order valence-corrected chi connectivity index (χ1v) is 22.8. The fourth-order valence-electron chi connectivity index (χ4n) is 11.6. The molecule has 0 bridgehead atoms. The smallest absolute Gasteiger partial charge is 0.136 e. The van der Waals surface area contributed by atoms with E-state index in [2.05, 4.69) is 243 Å². The van der Waals surface area contributed by atoms with E-state index in [0.717, 1.165) is 33.3 Å². The summed E-state index contributed by atoms with van der Waals surface area (Å²) >= 11 is 0. The Morgan fingerprint density at radius 3 is 1.82 bits per heavy atom. The summed E-state index contributed by atoms with van der Waals surface area (Å²) in [7, 11) is 0. The maximum absolute atomic E-state index is 6.60. The van der Waals surface area contributed by atoms with E-state index in [1.165, 1.54) is 83.1 Å². The highest BCUT2D eigenvalue weighted by atomic mass is 16.3. The third-order valence-electron chi connectivity index (χ3n) is 14.6. The van der Waals surface area contributed by atoms with Crippen molar-refractivity contribution in [3.63, 3.8) is 0 Å². The largest absolute Gasteiger partial charge is 0.456 e. The van der Waals surface area contributed by atoms with Crippen molar-refractivity contribution >= 4 is 44.1 Å². The van der Waals surface area contributed by atoms with Crippen LogP contribution < -0.4 is 4.90 Å². The molecule has 65 heavy (non-hydrogen) atoms. The van der Waals surface area contributed by atoms with Gasteiger partial charge < -0.3 is 9.32 Å². The van der Waals surface area contributed by atoms with Gasteiger partial charge in [0.1, 0.15) is 11.2 Å². The van der Waals surface area contributed by atoms with E-state index in [-0.39, 0.29) is 5.41 Å². The molecule has 0 unspecified atom stereocenters. The summed E-state index contributed by atoms with van der Waals surface area (Å²) in [4.78, 5) is 2.56. The lowest BCUT2D eigenvalue weighted by atomic mass is 9.67. The molecule has 0 saturated heterocycles. The minimum absolute atomic E-state index is 0.158. The van der Waals surface area contributed by atoms with Gasteiger partial charge in [0.2, 0.25) is 0 Å². The average molecular weight is 832 g/mol. The number of anilines is 2. The number of furan rings is 1. The maximum Gasteiger partial charge on any atom is 0.136 e. The van der Waals surface area contributed by atoms with Gasteiger partial charge in [-0.25, -0.2) is 0 Å². The molecule has 0 radical (unpaired) electrons. The van der Waals surface area contributed by atoms with Crippen LogP contribution in [0.4, 0.5) is 11.4 Å². The van der Waals surface area contributed by atoms with Crippen LogP contribution in [0.15, 0.2) is 229 Å². The van der Waals surface area contributed by atoms with Gasteiger partial charge in [0.05, 0.1) is 5.41 Å². The SMILES string of the molecule is CC1(C)c2ccccc2-c2ccc(N(Cc3ccc4oc5ccccc5c4c3-c3ccc4ccccc4c3)c3cccc(C4(c5ccccc5)c5ccccc5-c5ccccc54)c3)cc21. The number of nitrogens with zero attached hydrogens (tertiary/aromatic N) is 1. The third-order valence-corrected chi connectivity index (χ3v) is 14.6. The standard InChI is InChI=1S/C63H45NO/c1-62(2)54-27-12-8-23-49(54)52-35-34-48(39-57(52)62)64(40-44-33-36-59-61(53-26-11-15-30-58(53)65-59)60(44)43-32-31-41-17-6-7-18-42(41)37-43)47-22-16-21-46(38-47)63(45-19-4-3-5-20-45)55-28-13-9-24-50(55)51-25-10-14-29-56(51)63/h3-39H,40H2,1-2H3. The van der Waals surface area contributed by atoms with Crippen LogP contribution in [0.1, 0.15) is 52.8 Å². The molecule has 0 fully saturated rings. The molecule has 10 aromatic carbocycles. The summed E-state index contributed by atoms with van der Waals surface area (Å²) in [6, 6.07) is 83.2. The van der Waals surface area contributed by atoms with E-state index < -0.39 is 5.41 Å². The van der Waals surface area contributed by atoms with Gasteiger partial charge in [-0.2, -0.15) is 0 Å². The molecule has 2 aliphatic carbocycles. The van der Waals surface area contributed by atoms with Gasteiger partial charge in [-0.3, -0.25) is 0 Å². The monoisotopic (exact) mass is 831 g/mol. The van der Waals surface area contributed by atoms with Crippen molar-refractivity contribution in [2.75, 3.05) is 4.90 Å². The summed E-state index contributed by atoms with van der Waals surface area (Å²) in [5, 5.41) is 4.72. The third kappa shape index (κ3) is 5.53. The number of benzene rings is 10. The number of para-hydroxylation sites is 1. The van der Waals surface area contributed by atoms with Crippen LogP contribution in [0.3, 0.4) is 0 Å². The Bertz CT molecular complexity index is 3640. The highest BCUT2D eigenvalue weighted by Crippen LogP contribution is 2.57. The number of rotatable bonds is 7. The number of fused-ring (bicyclic) bond motifs is 10. The summed E-state index contributed by atoms with van der Waals surface area (Å²) in [6.07, 6.45) is 0. The lowest BCUT2D eigenvalue weighted by Crippen LogP contribution is -2.29. The minimum Gasteiger partial charge on any atom is -0.456 e. The summed E-state index contributed by atoms with van der Waals surface area (Å²) in [5.74, 6) is 0. The van der Waals surface area contributed by atoms with E-state index in [4.69, 9.17) is 4.42 Å². The van der Waals surface area contributed by atoms with E-state index in [1.54, 1.807) is 0 Å². The molecule has 2 heteroatoms. The van der Waals surface area contributed by atoms with Crippen molar-refractivity contribution in [2.24, 2.45) is 0 Å². The molecule has 0 saturated carbocycles. The highest BCUT2D eigenvalue weighted by Gasteiger charge is 2.46. The van der Waals surface area contributed by atoms with Crippen LogP contribution in [0, 0.1) is 0 Å².